The SMILES string of the molecule is CC(C)CN(CCC(O)c1cccc(F)c1)C(C)C. The zero-order chi connectivity index (χ0) is 14.4. The molecule has 1 aromatic rings. The van der Waals surface area contributed by atoms with Gasteiger partial charge in [-0.2, -0.15) is 0 Å². The molecule has 1 aromatic carbocycles. The van der Waals surface area contributed by atoms with E-state index in [0.29, 0.717) is 23.9 Å². The molecule has 1 N–H and O–H groups in total. The lowest BCUT2D eigenvalue weighted by molar-refractivity contribution is 0.123. The zero-order valence-electron chi connectivity index (χ0n) is 12.4. The second kappa shape index (κ2) is 7.61. The molecule has 1 rings (SSSR count). The summed E-state index contributed by atoms with van der Waals surface area (Å²) in [5.41, 5.74) is 0.660. The molecule has 0 fully saturated rings. The Balaban J connectivity index is 2.54. The minimum absolute atomic E-state index is 0.292. The zero-order valence-corrected chi connectivity index (χ0v) is 12.4. The van der Waals surface area contributed by atoms with Crippen molar-refractivity contribution in [2.24, 2.45) is 5.92 Å². The average Bonchev–Trinajstić information content (AvgIpc) is 2.33. The summed E-state index contributed by atoms with van der Waals surface area (Å²) in [7, 11) is 0. The Morgan fingerprint density at radius 1 is 1.21 bits per heavy atom. The van der Waals surface area contributed by atoms with Crippen molar-refractivity contribution in [3.8, 4) is 0 Å². The number of aliphatic hydroxyl groups excluding tert-OH is 1. The lowest BCUT2D eigenvalue weighted by Gasteiger charge is -2.29. The number of rotatable bonds is 7. The van der Waals surface area contributed by atoms with Crippen molar-refractivity contribution in [1.29, 1.82) is 0 Å². The largest absolute Gasteiger partial charge is 0.388 e. The van der Waals surface area contributed by atoms with Gasteiger partial charge in [-0.15, -0.1) is 0 Å². The third-order valence-electron chi connectivity index (χ3n) is 3.25. The summed E-state index contributed by atoms with van der Waals surface area (Å²) in [6, 6.07) is 6.68. The first-order chi connectivity index (χ1) is 8.90. The summed E-state index contributed by atoms with van der Waals surface area (Å²) >= 11 is 0. The van der Waals surface area contributed by atoms with Crippen LogP contribution in [0.5, 0.6) is 0 Å². The summed E-state index contributed by atoms with van der Waals surface area (Å²) in [5.74, 6) is 0.313. The average molecular weight is 267 g/mol. The summed E-state index contributed by atoms with van der Waals surface area (Å²) in [5, 5.41) is 10.1. The highest BCUT2D eigenvalue weighted by Gasteiger charge is 2.14. The summed E-state index contributed by atoms with van der Waals surface area (Å²) < 4.78 is 13.1. The molecule has 0 amide bonds. The van der Waals surface area contributed by atoms with Crippen molar-refractivity contribution in [1.82, 2.24) is 4.90 Å². The van der Waals surface area contributed by atoms with E-state index in [1.807, 2.05) is 0 Å². The molecule has 1 unspecified atom stereocenters. The summed E-state index contributed by atoms with van der Waals surface area (Å²) in [6.07, 6.45) is 0.0399. The molecular formula is C16H26FNO. The summed E-state index contributed by atoms with van der Waals surface area (Å²) in [6.45, 7) is 10.6. The lowest BCUT2D eigenvalue weighted by Crippen LogP contribution is -2.35. The van der Waals surface area contributed by atoms with Crippen LogP contribution in [-0.2, 0) is 0 Å². The third kappa shape index (κ3) is 5.70. The maximum atomic E-state index is 13.1. The van der Waals surface area contributed by atoms with Crippen LogP contribution in [0.15, 0.2) is 24.3 Å². The Labute approximate surface area is 116 Å². The first-order valence-electron chi connectivity index (χ1n) is 7.07. The normalized spacial score (nSPS) is 13.5. The van der Waals surface area contributed by atoms with Gasteiger partial charge in [0.15, 0.2) is 0 Å². The van der Waals surface area contributed by atoms with Gasteiger partial charge in [-0.05, 0) is 43.9 Å². The van der Waals surface area contributed by atoms with E-state index in [1.54, 1.807) is 12.1 Å². The van der Waals surface area contributed by atoms with Crippen LogP contribution < -0.4 is 0 Å². The van der Waals surface area contributed by atoms with Crippen molar-refractivity contribution in [2.75, 3.05) is 13.1 Å². The van der Waals surface area contributed by atoms with Crippen LogP contribution in [0.2, 0.25) is 0 Å². The van der Waals surface area contributed by atoms with E-state index in [9.17, 15) is 9.50 Å². The van der Waals surface area contributed by atoms with Crippen molar-refractivity contribution in [3.63, 3.8) is 0 Å². The highest BCUT2D eigenvalue weighted by Crippen LogP contribution is 2.18. The van der Waals surface area contributed by atoms with E-state index >= 15 is 0 Å². The second-order valence-corrected chi connectivity index (χ2v) is 5.84. The minimum atomic E-state index is -0.593. The maximum absolute atomic E-state index is 13.1. The molecule has 0 aliphatic heterocycles. The Bertz CT molecular complexity index is 379. The fourth-order valence-electron chi connectivity index (χ4n) is 2.20. The molecule has 0 aliphatic carbocycles. The van der Waals surface area contributed by atoms with Crippen molar-refractivity contribution >= 4 is 0 Å². The van der Waals surface area contributed by atoms with E-state index in [2.05, 4.69) is 32.6 Å². The fourth-order valence-corrected chi connectivity index (χ4v) is 2.20. The summed E-state index contributed by atoms with van der Waals surface area (Å²) in [4.78, 5) is 2.35. The van der Waals surface area contributed by atoms with Crippen molar-refractivity contribution < 1.29 is 9.50 Å². The van der Waals surface area contributed by atoms with Gasteiger partial charge >= 0.3 is 0 Å². The van der Waals surface area contributed by atoms with Gasteiger partial charge in [-0.1, -0.05) is 26.0 Å². The number of hydrogen-bond acceptors (Lipinski definition) is 2. The molecular weight excluding hydrogens is 241 g/mol. The second-order valence-electron chi connectivity index (χ2n) is 5.84. The predicted molar refractivity (Wildman–Crippen MR) is 77.5 cm³/mol. The lowest BCUT2D eigenvalue weighted by atomic mass is 10.1. The monoisotopic (exact) mass is 267 g/mol. The molecule has 0 spiro atoms. The molecule has 0 aromatic heterocycles. The molecule has 3 heteroatoms. The number of aliphatic hydroxyl groups is 1. The van der Waals surface area contributed by atoms with E-state index in [0.717, 1.165) is 13.1 Å². The molecule has 0 heterocycles. The molecule has 0 saturated carbocycles. The molecule has 1 atom stereocenters. The quantitative estimate of drug-likeness (QED) is 0.815. The van der Waals surface area contributed by atoms with E-state index in [-0.39, 0.29) is 5.82 Å². The van der Waals surface area contributed by atoms with E-state index < -0.39 is 6.10 Å². The van der Waals surface area contributed by atoms with Gasteiger partial charge in [-0.3, -0.25) is 0 Å². The first-order valence-corrected chi connectivity index (χ1v) is 7.07. The molecule has 0 saturated heterocycles. The molecule has 0 bridgehead atoms. The molecule has 0 radical (unpaired) electrons. The minimum Gasteiger partial charge on any atom is -0.388 e. The molecule has 19 heavy (non-hydrogen) atoms. The predicted octanol–water partition coefficient (Wildman–Crippen LogP) is 3.62. The van der Waals surface area contributed by atoms with Gasteiger partial charge < -0.3 is 10.0 Å². The van der Waals surface area contributed by atoms with Gasteiger partial charge in [0.05, 0.1) is 6.10 Å². The van der Waals surface area contributed by atoms with Crippen LogP contribution in [0.4, 0.5) is 4.39 Å². The van der Waals surface area contributed by atoms with Crippen LogP contribution in [0.3, 0.4) is 0 Å². The smallest absolute Gasteiger partial charge is 0.123 e. The Kier molecular flexibility index (Phi) is 6.46. The standard InChI is InChI=1S/C16H26FNO/c1-12(2)11-18(13(3)4)9-8-16(19)14-6-5-7-15(17)10-14/h5-7,10,12-13,16,19H,8-9,11H2,1-4H3. The van der Waals surface area contributed by atoms with Crippen LogP contribution in [0.25, 0.3) is 0 Å². The number of hydrogen-bond donors (Lipinski definition) is 1. The maximum Gasteiger partial charge on any atom is 0.123 e. The van der Waals surface area contributed by atoms with Gasteiger partial charge in [0.1, 0.15) is 5.82 Å². The molecule has 2 nitrogen and oxygen atoms in total. The Morgan fingerprint density at radius 2 is 1.89 bits per heavy atom. The van der Waals surface area contributed by atoms with Crippen LogP contribution >= 0.6 is 0 Å². The van der Waals surface area contributed by atoms with Gasteiger partial charge in [-0.25, -0.2) is 4.39 Å². The molecule has 0 aliphatic rings. The van der Waals surface area contributed by atoms with Gasteiger partial charge in [0.25, 0.3) is 0 Å². The number of nitrogens with zero attached hydrogens (tertiary/aromatic N) is 1. The van der Waals surface area contributed by atoms with E-state index in [1.165, 1.54) is 12.1 Å². The highest BCUT2D eigenvalue weighted by atomic mass is 19.1. The third-order valence-corrected chi connectivity index (χ3v) is 3.25. The van der Waals surface area contributed by atoms with Crippen LogP contribution in [0, 0.1) is 11.7 Å². The Morgan fingerprint density at radius 3 is 2.42 bits per heavy atom. The topological polar surface area (TPSA) is 23.5 Å². The number of benzene rings is 1. The number of halogens is 1. The van der Waals surface area contributed by atoms with Crippen molar-refractivity contribution in [3.05, 3.63) is 35.6 Å². The van der Waals surface area contributed by atoms with Gasteiger partial charge in [0, 0.05) is 19.1 Å². The van der Waals surface area contributed by atoms with E-state index in [4.69, 9.17) is 0 Å². The van der Waals surface area contributed by atoms with Gasteiger partial charge in [0.2, 0.25) is 0 Å². The highest BCUT2D eigenvalue weighted by molar-refractivity contribution is 5.18. The van der Waals surface area contributed by atoms with Crippen LogP contribution in [0.1, 0.15) is 45.8 Å². The van der Waals surface area contributed by atoms with Crippen LogP contribution in [-0.4, -0.2) is 29.1 Å². The fraction of sp³-hybridized carbons (Fsp3) is 0.625. The first kappa shape index (κ1) is 16.1. The molecule has 108 valence electrons. The Hall–Kier alpha value is -0.930. The van der Waals surface area contributed by atoms with Crippen molar-refractivity contribution in [2.45, 2.75) is 46.3 Å².